The number of fused-ring (bicyclic) bond motifs is 5. The number of benzene rings is 5. The Labute approximate surface area is 309 Å². The molecule has 3 aliphatic rings. The van der Waals surface area contributed by atoms with Gasteiger partial charge in [0, 0.05) is 38.8 Å². The Morgan fingerprint density at radius 1 is 0.717 bits per heavy atom. The number of nitrogens with zero attached hydrogens (tertiary/aromatic N) is 3. The van der Waals surface area contributed by atoms with Crippen molar-refractivity contribution in [2.45, 2.75) is 32.1 Å². The molecule has 1 aliphatic heterocycles. The fourth-order valence-electron chi connectivity index (χ4n) is 7.63. The highest BCUT2D eigenvalue weighted by Gasteiger charge is 2.41. The molecule has 1 aromatic heterocycles. The van der Waals surface area contributed by atoms with Crippen molar-refractivity contribution in [3.05, 3.63) is 168 Å². The van der Waals surface area contributed by atoms with E-state index in [0.29, 0.717) is 34.7 Å². The molecule has 6 aromatic rings. The highest BCUT2D eigenvalue weighted by Crippen LogP contribution is 2.59. The molecule has 0 atom stereocenters. The minimum absolute atomic E-state index is 0.109. The first-order valence-electron chi connectivity index (χ1n) is 17.9. The van der Waals surface area contributed by atoms with E-state index < -0.39 is 0 Å². The molecule has 6 nitrogen and oxygen atoms in total. The Bertz CT molecular complexity index is 2580. The van der Waals surface area contributed by atoms with Gasteiger partial charge in [0.05, 0.1) is 5.71 Å². The third-order valence-electron chi connectivity index (χ3n) is 10.3. The van der Waals surface area contributed by atoms with Crippen molar-refractivity contribution in [3.8, 4) is 68.3 Å². The highest BCUT2D eigenvalue weighted by atomic mass is 16.6. The van der Waals surface area contributed by atoms with Crippen LogP contribution in [0.4, 0.5) is 0 Å². The molecule has 53 heavy (non-hydrogen) atoms. The van der Waals surface area contributed by atoms with E-state index >= 15 is 0 Å². The number of rotatable bonds is 7. The highest BCUT2D eigenvalue weighted by molar-refractivity contribution is 6.07. The number of para-hydroxylation sites is 1. The summed E-state index contributed by atoms with van der Waals surface area (Å²) >= 11 is 0. The fourth-order valence-corrected chi connectivity index (χ4v) is 7.63. The maximum absolute atomic E-state index is 8.54. The molecular formula is C47H36N4O2. The lowest BCUT2D eigenvalue weighted by Gasteiger charge is -2.27. The van der Waals surface area contributed by atoms with Crippen molar-refractivity contribution < 1.29 is 9.47 Å². The van der Waals surface area contributed by atoms with Gasteiger partial charge in [-0.05, 0) is 65.5 Å². The van der Waals surface area contributed by atoms with Crippen LogP contribution in [0.1, 0.15) is 43.4 Å². The zero-order chi connectivity index (χ0) is 36.1. The van der Waals surface area contributed by atoms with Crippen molar-refractivity contribution in [3.63, 3.8) is 0 Å². The van der Waals surface area contributed by atoms with Crippen LogP contribution in [0.25, 0.3) is 50.9 Å². The van der Waals surface area contributed by atoms with E-state index in [1.165, 1.54) is 22.3 Å². The van der Waals surface area contributed by atoms with Gasteiger partial charge in [-0.1, -0.05) is 130 Å². The molecule has 256 valence electrons. The molecule has 0 saturated heterocycles. The summed E-state index contributed by atoms with van der Waals surface area (Å²) in [7, 11) is 0. The van der Waals surface area contributed by atoms with Crippen molar-refractivity contribution in [2.75, 3.05) is 0 Å². The Balaban J connectivity index is 1.13. The van der Waals surface area contributed by atoms with E-state index in [-0.39, 0.29) is 5.41 Å². The molecule has 2 heterocycles. The molecule has 0 amide bonds. The summed E-state index contributed by atoms with van der Waals surface area (Å²) in [6, 6.07) is 36.2. The fraction of sp³-hybridized carbons (Fsp3) is 0.106. The van der Waals surface area contributed by atoms with Crippen LogP contribution < -0.4 is 9.47 Å². The molecule has 2 aliphatic carbocycles. The van der Waals surface area contributed by atoms with Crippen LogP contribution in [-0.2, 0) is 5.41 Å². The van der Waals surface area contributed by atoms with Crippen LogP contribution in [0.2, 0.25) is 0 Å². The predicted octanol–water partition coefficient (Wildman–Crippen LogP) is 11.9. The molecule has 0 bridgehead atoms. The second-order valence-corrected chi connectivity index (χ2v) is 14.0. The average Bonchev–Trinajstić information content (AvgIpc) is 3.45. The predicted molar refractivity (Wildman–Crippen MR) is 213 cm³/mol. The lowest BCUT2D eigenvalue weighted by molar-refractivity contribution is 0.359. The van der Waals surface area contributed by atoms with Crippen LogP contribution >= 0.6 is 0 Å². The van der Waals surface area contributed by atoms with Gasteiger partial charge < -0.3 is 14.9 Å². The van der Waals surface area contributed by atoms with Gasteiger partial charge in [-0.3, -0.25) is 0 Å². The van der Waals surface area contributed by atoms with Gasteiger partial charge in [0.25, 0.3) is 0 Å². The summed E-state index contributed by atoms with van der Waals surface area (Å²) in [5, 5.41) is 8.54. The Morgan fingerprint density at radius 2 is 1.40 bits per heavy atom. The first kappa shape index (κ1) is 32.3. The van der Waals surface area contributed by atoms with Crippen LogP contribution in [0.3, 0.4) is 0 Å². The standard InChI is InChI=1S/C47H36N4O2/c1-4-5-23-38(48)31-17-12-19-33(28-31)46-50-44(29-14-7-6-8-15-29)49-45(51-46)32-18-11-16-30(27-32)34-21-13-24-39-42(34)53-43-40(52-39)26-25-37-41(43)35-20-9-10-22-36(35)47(37,2)3/h4-8,10-19,21-28,48H,1,9,20H2,2-3H3/b23-5-,48-38?. The Kier molecular flexibility index (Phi) is 7.81. The summed E-state index contributed by atoms with van der Waals surface area (Å²) in [5.74, 6) is 4.53. The first-order valence-corrected chi connectivity index (χ1v) is 17.9. The van der Waals surface area contributed by atoms with Gasteiger partial charge in [0.1, 0.15) is 0 Å². The minimum Gasteiger partial charge on any atom is -0.449 e. The number of aromatic nitrogens is 3. The summed E-state index contributed by atoms with van der Waals surface area (Å²) in [6.07, 6.45) is 11.7. The quantitative estimate of drug-likeness (QED) is 0.133. The van der Waals surface area contributed by atoms with E-state index in [9.17, 15) is 0 Å². The number of hydrogen-bond acceptors (Lipinski definition) is 6. The monoisotopic (exact) mass is 688 g/mol. The third kappa shape index (κ3) is 5.60. The van der Waals surface area contributed by atoms with Crippen LogP contribution in [0.15, 0.2) is 152 Å². The van der Waals surface area contributed by atoms with E-state index in [1.807, 2.05) is 84.9 Å². The molecule has 6 heteroatoms. The third-order valence-corrected chi connectivity index (χ3v) is 10.3. The molecule has 9 rings (SSSR count). The summed E-state index contributed by atoms with van der Waals surface area (Å²) in [5.41, 5.74) is 10.6. The molecule has 0 radical (unpaired) electrons. The lowest BCUT2D eigenvalue weighted by Crippen LogP contribution is -2.16. The summed E-state index contributed by atoms with van der Waals surface area (Å²) < 4.78 is 13.5. The zero-order valence-corrected chi connectivity index (χ0v) is 29.6. The number of allylic oxidation sites excluding steroid dienone is 7. The molecule has 0 unspecified atom stereocenters. The zero-order valence-electron chi connectivity index (χ0n) is 29.6. The molecule has 0 fully saturated rings. The maximum Gasteiger partial charge on any atom is 0.177 e. The maximum atomic E-state index is 8.54. The largest absolute Gasteiger partial charge is 0.449 e. The van der Waals surface area contributed by atoms with Crippen LogP contribution in [-0.4, -0.2) is 20.7 Å². The van der Waals surface area contributed by atoms with Crippen LogP contribution in [0, 0.1) is 5.41 Å². The van der Waals surface area contributed by atoms with Gasteiger partial charge in [-0.15, -0.1) is 0 Å². The molecule has 1 N–H and O–H groups in total. The molecule has 0 saturated carbocycles. The van der Waals surface area contributed by atoms with E-state index in [4.69, 9.17) is 29.8 Å². The van der Waals surface area contributed by atoms with Gasteiger partial charge in [-0.25, -0.2) is 15.0 Å². The average molecular weight is 689 g/mol. The van der Waals surface area contributed by atoms with Crippen molar-refractivity contribution in [1.29, 1.82) is 5.41 Å². The molecule has 0 spiro atoms. The van der Waals surface area contributed by atoms with E-state index in [0.717, 1.165) is 57.7 Å². The SMILES string of the molecule is C=C/C=C\C(=N)c1cccc(-c2nc(-c3ccccc3)nc(-c3cccc(-c4cccc5c4Oc4c(ccc6c4C4=C(C=CCC4)C6(C)C)O5)c3)n2)c1. The second-order valence-electron chi connectivity index (χ2n) is 14.0. The topological polar surface area (TPSA) is 81.0 Å². The minimum atomic E-state index is -0.109. The Hall–Kier alpha value is -6.66. The van der Waals surface area contributed by atoms with Crippen LogP contribution in [0.5, 0.6) is 23.0 Å². The van der Waals surface area contributed by atoms with Gasteiger partial charge in [0.2, 0.25) is 0 Å². The van der Waals surface area contributed by atoms with Gasteiger partial charge >= 0.3 is 0 Å². The smallest absolute Gasteiger partial charge is 0.177 e. The van der Waals surface area contributed by atoms with Gasteiger partial charge in [-0.2, -0.15) is 0 Å². The first-order chi connectivity index (χ1) is 25.9. The summed E-state index contributed by atoms with van der Waals surface area (Å²) in [4.78, 5) is 14.9. The molecular weight excluding hydrogens is 653 g/mol. The number of ether oxygens (including phenoxy) is 2. The summed E-state index contributed by atoms with van der Waals surface area (Å²) in [6.45, 7) is 8.32. The van der Waals surface area contributed by atoms with Crippen molar-refractivity contribution >= 4 is 11.3 Å². The van der Waals surface area contributed by atoms with Gasteiger partial charge in [0.15, 0.2) is 40.5 Å². The second kappa shape index (κ2) is 12.8. The Morgan fingerprint density at radius 3 is 2.19 bits per heavy atom. The van der Waals surface area contributed by atoms with Crippen molar-refractivity contribution in [2.24, 2.45) is 0 Å². The lowest BCUT2D eigenvalue weighted by atomic mass is 9.80. The number of hydrogen-bond donors (Lipinski definition) is 1. The van der Waals surface area contributed by atoms with E-state index in [2.05, 4.69) is 56.8 Å². The van der Waals surface area contributed by atoms with Crippen molar-refractivity contribution in [1.82, 2.24) is 15.0 Å². The molecule has 5 aromatic carbocycles. The number of nitrogens with one attached hydrogen (secondary N) is 1. The van der Waals surface area contributed by atoms with E-state index in [1.54, 1.807) is 18.2 Å². The normalized spacial score (nSPS) is 14.8.